The van der Waals surface area contributed by atoms with Crippen molar-refractivity contribution in [2.75, 3.05) is 121 Å². The first-order valence-corrected chi connectivity index (χ1v) is 40.8. The summed E-state index contributed by atoms with van der Waals surface area (Å²) in [5, 5.41) is 21.7. The van der Waals surface area contributed by atoms with Crippen molar-refractivity contribution < 1.29 is 87.9 Å². The monoisotopic (exact) mass is 2410 g/mol. The number of anilines is 22. The molecule has 27 heteroatoms. The molecule has 21 nitrogen and oxygen atoms in total. The zero-order valence-electron chi connectivity index (χ0n) is 70.6. The number of fused-ring (bicyclic) bond motifs is 6. The van der Waals surface area contributed by atoms with Crippen LogP contribution in [0.3, 0.4) is 0 Å². The van der Waals surface area contributed by atoms with Crippen molar-refractivity contribution in [1.29, 1.82) is 0 Å². The average molecular weight is 2410 g/mol. The van der Waals surface area contributed by atoms with Crippen LogP contribution in [0.5, 0.6) is 0 Å². The number of rotatable bonds is 10. The second-order valence-electron chi connectivity index (χ2n) is 31.0. The Morgan fingerprint density at radius 2 is 0.623 bits per heavy atom. The van der Waals surface area contributed by atoms with Gasteiger partial charge in [-0.15, -0.1) is 108 Å². The number of halogens is 2. The van der Waals surface area contributed by atoms with Crippen molar-refractivity contribution >= 4 is 187 Å². The molecule has 24 rings (SSSR count). The Kier molecular flexibility index (Phi) is 25.4. The minimum atomic E-state index is -0.745. The number of nitrogens with zero attached hydrogens (tertiary/aromatic N) is 21. The maximum atomic E-state index is 14.6. The molecule has 8 aliphatic rings. The van der Waals surface area contributed by atoms with E-state index in [1.54, 1.807) is 35.7 Å². The van der Waals surface area contributed by atoms with E-state index in [2.05, 4.69) is 325 Å². The molecular weight excluding hydrogens is 2330 g/mol. The Hall–Kier alpha value is -13.5. The molecule has 0 saturated carbocycles. The first-order valence-electron chi connectivity index (χ1n) is 40.8. The molecule has 0 radical (unpaired) electrons. The second-order valence-corrected chi connectivity index (χ2v) is 31.0. The summed E-state index contributed by atoms with van der Waals surface area (Å²) in [7, 11) is 12.3. The first-order chi connectivity index (χ1) is 61.7. The predicted octanol–water partition coefficient (Wildman–Crippen LogP) is 23.2. The standard InChI is InChI=1S/2C30H23N4.C22H15F2N6.C21H16N7.4Os/c1-31-19-33(27-16-5-10-21-8-3-14-25(31)29(21)27)23-12-7-13-24(18-23)34-20-32(2)26-15-4-9-22-11-6-17-28(34)30(22)26;1-31-19-33(28-13-6-5-12-27(28)31)25-10-7-11-26(18-25)34-20-32(2)29-16-23-14-21-8-3-4-9-22(21)15-24(23)17-30(29)34;23-19-11-20(24)22(28-14-26-30(16-28)18-9-5-2-6-10-18)12-21(19)27-13-25-29(15-27)17-7-3-1-4-8-17;1-22-15-10-16(27-13-25(2)18-6-4-8-23-20(18)27)12-17(11-15)28-14-26(3)19-7-5-9-24-21(19)28;;;;/h2*3-17,19-20H,1-2H3;1-11,13-16H;4-11,13-14H,2-3H3;;;;/q4*-3;;;;. The summed E-state index contributed by atoms with van der Waals surface area (Å²) in [6.45, 7) is 23.2. The minimum Gasteiger partial charge on any atom is -0.505 e. The summed E-state index contributed by atoms with van der Waals surface area (Å²) in [5.41, 5.74) is 19.3. The molecule has 0 atom stereocenters. The van der Waals surface area contributed by atoms with E-state index in [0.717, 1.165) is 74.6 Å². The molecule has 0 amide bonds. The smallest absolute Gasteiger partial charge is 0.124 e. The van der Waals surface area contributed by atoms with Crippen LogP contribution in [0.4, 0.5) is 140 Å². The summed E-state index contributed by atoms with van der Waals surface area (Å²) in [6.07, 6.45) is 6.42. The van der Waals surface area contributed by atoms with Crippen molar-refractivity contribution in [3.63, 3.8) is 0 Å². The normalized spacial score (nSPS) is 14.6. The summed E-state index contributed by atoms with van der Waals surface area (Å²) < 4.78 is 29.1. The van der Waals surface area contributed by atoms with Crippen molar-refractivity contribution in [2.45, 2.75) is 0 Å². The van der Waals surface area contributed by atoms with Crippen molar-refractivity contribution in [1.82, 2.24) is 9.97 Å². The third kappa shape index (κ3) is 16.5. The van der Waals surface area contributed by atoms with Crippen molar-refractivity contribution in [2.24, 2.45) is 10.2 Å². The Bertz CT molecular complexity index is 6750. The van der Waals surface area contributed by atoms with Crippen LogP contribution in [0.2, 0.25) is 0 Å². The van der Waals surface area contributed by atoms with Gasteiger partial charge in [0.15, 0.2) is 0 Å². The van der Waals surface area contributed by atoms with Crippen molar-refractivity contribution in [3.05, 3.63) is 398 Å². The molecule has 0 fully saturated rings. The second kappa shape index (κ2) is 37.3. The first kappa shape index (κ1) is 88.5. The predicted molar refractivity (Wildman–Crippen MR) is 509 cm³/mol. The van der Waals surface area contributed by atoms with E-state index in [0.29, 0.717) is 5.69 Å². The largest absolute Gasteiger partial charge is 0.505 e. The maximum Gasteiger partial charge on any atom is 0.124 e. The van der Waals surface area contributed by atoms with Gasteiger partial charge in [0.1, 0.15) is 11.6 Å². The van der Waals surface area contributed by atoms with Gasteiger partial charge >= 0.3 is 0 Å². The van der Waals surface area contributed by atoms with Crippen LogP contribution in [-0.4, -0.2) is 64.9 Å². The molecule has 0 spiro atoms. The van der Waals surface area contributed by atoms with E-state index in [-0.39, 0.29) is 90.5 Å². The van der Waals surface area contributed by atoms with Gasteiger partial charge in [0.2, 0.25) is 0 Å². The summed E-state index contributed by atoms with van der Waals surface area (Å²) in [5.74, 6) is 0.139. The summed E-state index contributed by atoms with van der Waals surface area (Å²) in [6, 6.07) is 110. The zero-order valence-corrected chi connectivity index (χ0v) is 80.8. The molecule has 0 aliphatic carbocycles. The molecule has 14 aromatic carbocycles. The van der Waals surface area contributed by atoms with Crippen LogP contribution < -0.4 is 78.6 Å². The van der Waals surface area contributed by atoms with Gasteiger partial charge in [0, 0.05) is 182 Å². The fraction of sp³-hybridized carbons (Fsp3) is 0.0583. The number of hydrazone groups is 2. The van der Waals surface area contributed by atoms with E-state index < -0.39 is 11.6 Å². The molecule has 130 heavy (non-hydrogen) atoms. The van der Waals surface area contributed by atoms with Crippen LogP contribution in [0, 0.1) is 95.8 Å². The van der Waals surface area contributed by atoms with E-state index in [9.17, 15) is 8.78 Å². The molecular formula is C103H77F2N21Os4-12. The number of hydrogen-bond donors (Lipinski definition) is 0. The van der Waals surface area contributed by atoms with Crippen LogP contribution in [0.1, 0.15) is 0 Å². The zero-order chi connectivity index (χ0) is 85.4. The molecule has 16 aromatic rings. The molecule has 8 aliphatic heterocycles. The third-order valence-corrected chi connectivity index (χ3v) is 23.0. The molecule has 652 valence electrons. The topological polar surface area (TPSA) is 107 Å². The van der Waals surface area contributed by atoms with Gasteiger partial charge in [0.05, 0.1) is 24.9 Å². The molecule has 0 bridgehead atoms. The quantitative estimate of drug-likeness (QED) is 0.0957. The SMILES string of the molecule is CN1[CH-]N(c2[c-]c(N3[CH-]N(C)c4cc5cc6ccccc6cc5cc43)ccc2)c2ccccc21.CN1[CH-]N(c2[c-]c(N3[CH-]N(C)c4cccc5cccc3c45)ccc2)c2cccc3cccc1c23.Fc1cc(F)c(N2C=NN(c3ccccc3)[CH-]2)[c-]c1N1C=NN(c2ccccc2)[CH-]1.[C-]#[N+]c1cc(N2[CH-]N(C)c3cccnc32)[c-]c(N2[CH-]N(C)c3cccnc32)c1.[Os].[Os].[Os].[Os]. The number of aromatic nitrogens is 2. The number of benzene rings is 14. The van der Waals surface area contributed by atoms with Crippen LogP contribution in [0.25, 0.3) is 47.9 Å². The Balaban J connectivity index is 0.000000121. The number of para-hydroxylation sites is 4. The molecule has 10 heterocycles. The van der Waals surface area contributed by atoms with Crippen molar-refractivity contribution in [3.8, 4) is 0 Å². The minimum absolute atomic E-state index is 0. The summed E-state index contributed by atoms with van der Waals surface area (Å²) >= 11 is 0. The third-order valence-electron chi connectivity index (χ3n) is 23.0. The van der Waals surface area contributed by atoms with Gasteiger partial charge in [-0.3, -0.25) is 13.6 Å². The van der Waals surface area contributed by atoms with Gasteiger partial charge in [-0.05, 0) is 184 Å². The van der Waals surface area contributed by atoms with Gasteiger partial charge < -0.3 is 78.6 Å². The van der Waals surface area contributed by atoms with Gasteiger partial charge in [-0.2, -0.15) is 62.3 Å². The van der Waals surface area contributed by atoms with Crippen LogP contribution in [-0.2, 0) is 79.2 Å². The van der Waals surface area contributed by atoms with E-state index >= 15 is 0 Å². The average Bonchev–Trinajstić information content (AvgIpc) is 1.61. The molecule has 0 N–H and O–H groups in total. The van der Waals surface area contributed by atoms with Crippen LogP contribution in [0.15, 0.2) is 308 Å². The molecule has 0 saturated heterocycles. The fourth-order valence-electron chi connectivity index (χ4n) is 17.0. The van der Waals surface area contributed by atoms with Gasteiger partial charge in [-0.25, -0.2) is 9.97 Å². The Morgan fingerprint density at radius 1 is 0.285 bits per heavy atom. The van der Waals surface area contributed by atoms with Gasteiger partial charge in [-0.1, -0.05) is 139 Å². The number of hydrogen-bond acceptors (Lipinski definition) is 20. The Morgan fingerprint density at radius 3 is 1.08 bits per heavy atom. The van der Waals surface area contributed by atoms with E-state index in [1.807, 2.05) is 144 Å². The van der Waals surface area contributed by atoms with E-state index in [1.165, 1.54) is 111 Å². The fourth-order valence-corrected chi connectivity index (χ4v) is 17.0. The molecule has 2 aromatic heterocycles. The maximum absolute atomic E-state index is 14.6. The molecule has 0 unspecified atom stereocenters. The van der Waals surface area contributed by atoms with Crippen LogP contribution >= 0.6 is 0 Å². The number of pyridine rings is 2. The summed E-state index contributed by atoms with van der Waals surface area (Å²) in [4.78, 5) is 41.1. The van der Waals surface area contributed by atoms with Gasteiger partial charge in [0.25, 0.3) is 0 Å². The Labute approximate surface area is 807 Å². The van der Waals surface area contributed by atoms with E-state index in [4.69, 9.17) is 6.57 Å².